The highest BCUT2D eigenvalue weighted by molar-refractivity contribution is 6.30. The summed E-state index contributed by atoms with van der Waals surface area (Å²) in [4.78, 5) is 51.6. The lowest BCUT2D eigenvalue weighted by Crippen LogP contribution is -2.27. The first kappa shape index (κ1) is 21.0. The number of benzene rings is 3. The van der Waals surface area contributed by atoms with Crippen LogP contribution < -0.4 is 10.9 Å². The molecule has 1 aliphatic carbocycles. The summed E-state index contributed by atoms with van der Waals surface area (Å²) >= 11 is 0. The normalized spacial score (nSPS) is 12.1. The molecule has 0 atom stereocenters. The second-order valence-electron chi connectivity index (χ2n) is 7.85. The van der Waals surface area contributed by atoms with Crippen molar-refractivity contribution in [1.29, 1.82) is 0 Å². The van der Waals surface area contributed by atoms with Crippen LogP contribution in [0.1, 0.15) is 47.9 Å². The van der Waals surface area contributed by atoms with Gasteiger partial charge in [0, 0.05) is 22.8 Å². The number of carbonyl (C=O) groups is 3. The second kappa shape index (κ2) is 7.93. The zero-order valence-electron chi connectivity index (χ0n) is 17.9. The second-order valence-corrected chi connectivity index (χ2v) is 7.85. The van der Waals surface area contributed by atoms with Crippen molar-refractivity contribution in [2.75, 3.05) is 5.32 Å². The molecule has 0 aliphatic heterocycles. The van der Waals surface area contributed by atoms with Crippen LogP contribution >= 0.6 is 0 Å². The SMILES string of the molecule is Cc1cccc(-n2nc(C(=O)Nc3cccc4c3C(=O)c3ccccc3C4=O)c(O)cc2=O)c1. The lowest BCUT2D eigenvalue weighted by atomic mass is 9.83. The van der Waals surface area contributed by atoms with Crippen LogP contribution in [0.15, 0.2) is 77.6 Å². The Hall–Kier alpha value is -4.85. The van der Waals surface area contributed by atoms with Crippen molar-refractivity contribution in [2.24, 2.45) is 0 Å². The Bertz CT molecular complexity index is 1590. The molecule has 1 amide bonds. The zero-order valence-corrected chi connectivity index (χ0v) is 17.9. The monoisotopic (exact) mass is 451 g/mol. The molecule has 0 spiro atoms. The molecule has 0 bridgehead atoms. The number of nitrogens with zero attached hydrogens (tertiary/aromatic N) is 2. The smallest absolute Gasteiger partial charge is 0.280 e. The number of hydrogen-bond donors (Lipinski definition) is 2. The summed E-state index contributed by atoms with van der Waals surface area (Å²) in [6.45, 7) is 1.84. The third-order valence-corrected chi connectivity index (χ3v) is 5.57. The minimum Gasteiger partial charge on any atom is -0.505 e. The molecule has 166 valence electrons. The van der Waals surface area contributed by atoms with Crippen LogP contribution in [0.2, 0.25) is 0 Å². The predicted molar refractivity (Wildman–Crippen MR) is 124 cm³/mol. The number of fused-ring (bicyclic) bond motifs is 2. The first-order valence-corrected chi connectivity index (χ1v) is 10.4. The van der Waals surface area contributed by atoms with Gasteiger partial charge < -0.3 is 10.4 Å². The Labute approximate surface area is 193 Å². The first-order valence-electron chi connectivity index (χ1n) is 10.4. The minimum atomic E-state index is -0.841. The van der Waals surface area contributed by atoms with E-state index in [1.807, 2.05) is 13.0 Å². The van der Waals surface area contributed by atoms with Crippen molar-refractivity contribution in [1.82, 2.24) is 9.78 Å². The summed E-state index contributed by atoms with van der Waals surface area (Å²) in [6, 6.07) is 18.9. The van der Waals surface area contributed by atoms with Gasteiger partial charge in [-0.3, -0.25) is 19.2 Å². The molecule has 4 aromatic rings. The number of rotatable bonds is 3. The molecule has 0 saturated carbocycles. The number of aromatic hydroxyl groups is 1. The van der Waals surface area contributed by atoms with E-state index in [1.54, 1.807) is 48.5 Å². The van der Waals surface area contributed by atoms with Crippen LogP contribution in [0.4, 0.5) is 5.69 Å². The highest BCUT2D eigenvalue weighted by Gasteiger charge is 2.32. The van der Waals surface area contributed by atoms with E-state index >= 15 is 0 Å². The summed E-state index contributed by atoms with van der Waals surface area (Å²) in [7, 11) is 0. The fourth-order valence-electron chi connectivity index (χ4n) is 3.98. The Morgan fingerprint density at radius 2 is 1.53 bits per heavy atom. The number of carbonyl (C=O) groups excluding carboxylic acids is 3. The summed E-state index contributed by atoms with van der Waals surface area (Å²) in [6.07, 6.45) is 0. The number of nitrogens with one attached hydrogen (secondary N) is 1. The number of ketones is 2. The molecule has 0 fully saturated rings. The number of anilines is 1. The molecule has 1 aromatic heterocycles. The van der Waals surface area contributed by atoms with E-state index in [4.69, 9.17) is 0 Å². The summed E-state index contributed by atoms with van der Waals surface area (Å²) in [5, 5.41) is 16.9. The quantitative estimate of drug-likeness (QED) is 0.435. The first-order chi connectivity index (χ1) is 16.3. The highest BCUT2D eigenvalue weighted by atomic mass is 16.3. The van der Waals surface area contributed by atoms with E-state index < -0.39 is 28.7 Å². The third kappa shape index (κ3) is 3.38. The van der Waals surface area contributed by atoms with Crippen LogP contribution in [0, 0.1) is 6.92 Å². The van der Waals surface area contributed by atoms with Crippen LogP contribution in [0.25, 0.3) is 5.69 Å². The maximum Gasteiger partial charge on any atom is 0.280 e. The lowest BCUT2D eigenvalue weighted by molar-refractivity contribution is 0.0978. The average Bonchev–Trinajstić information content (AvgIpc) is 2.82. The Kier molecular flexibility index (Phi) is 4.90. The summed E-state index contributed by atoms with van der Waals surface area (Å²) in [5.74, 6) is -2.17. The van der Waals surface area contributed by atoms with E-state index in [2.05, 4.69) is 10.4 Å². The van der Waals surface area contributed by atoms with Gasteiger partial charge in [0.15, 0.2) is 23.0 Å². The molecule has 0 unspecified atom stereocenters. The maximum absolute atomic E-state index is 13.2. The van der Waals surface area contributed by atoms with Crippen molar-refractivity contribution in [2.45, 2.75) is 6.92 Å². The number of amides is 1. The minimum absolute atomic E-state index is 0.0612. The zero-order chi connectivity index (χ0) is 24.0. The molecule has 0 radical (unpaired) electrons. The van der Waals surface area contributed by atoms with Gasteiger partial charge in [0.25, 0.3) is 11.5 Å². The fraction of sp³-hybridized carbons (Fsp3) is 0.0385. The van der Waals surface area contributed by atoms with Crippen molar-refractivity contribution in [3.63, 3.8) is 0 Å². The maximum atomic E-state index is 13.2. The number of aryl methyl sites for hydroxylation is 1. The van der Waals surface area contributed by atoms with Gasteiger partial charge in [0.1, 0.15) is 0 Å². The van der Waals surface area contributed by atoms with E-state index in [0.717, 1.165) is 16.3 Å². The molecule has 5 rings (SSSR count). The standard InChI is InChI=1S/C26H17N3O5/c1-14-6-4-7-15(12-14)29-21(31)13-20(30)23(28-29)26(34)27-19-11-5-10-18-22(19)25(33)17-9-3-2-8-16(17)24(18)32/h2-13,30H,1H3,(H,27,34). The molecular weight excluding hydrogens is 434 g/mol. The van der Waals surface area contributed by atoms with Crippen LogP contribution in [0.5, 0.6) is 5.75 Å². The van der Waals surface area contributed by atoms with E-state index in [-0.39, 0.29) is 28.2 Å². The Morgan fingerprint density at radius 1 is 0.853 bits per heavy atom. The van der Waals surface area contributed by atoms with E-state index in [1.165, 1.54) is 12.1 Å². The molecule has 8 heteroatoms. The van der Waals surface area contributed by atoms with Gasteiger partial charge in [0.2, 0.25) is 0 Å². The lowest BCUT2D eigenvalue weighted by Gasteiger charge is -2.20. The van der Waals surface area contributed by atoms with Crippen LogP contribution in [-0.2, 0) is 0 Å². The van der Waals surface area contributed by atoms with Crippen molar-refractivity contribution >= 4 is 23.2 Å². The fourth-order valence-corrected chi connectivity index (χ4v) is 3.98. The van der Waals surface area contributed by atoms with Crippen molar-refractivity contribution < 1.29 is 19.5 Å². The molecular formula is C26H17N3O5. The van der Waals surface area contributed by atoms with E-state index in [0.29, 0.717) is 11.3 Å². The molecule has 1 aliphatic rings. The van der Waals surface area contributed by atoms with E-state index in [9.17, 15) is 24.3 Å². The summed E-state index contributed by atoms with van der Waals surface area (Å²) < 4.78 is 1.01. The molecule has 1 heterocycles. The van der Waals surface area contributed by atoms with Gasteiger partial charge in [-0.2, -0.15) is 9.78 Å². The molecule has 3 aromatic carbocycles. The number of aromatic nitrogens is 2. The number of hydrogen-bond acceptors (Lipinski definition) is 6. The predicted octanol–water partition coefficient (Wildman–Crippen LogP) is 3.27. The van der Waals surface area contributed by atoms with Crippen LogP contribution in [-0.4, -0.2) is 32.4 Å². The molecule has 2 N–H and O–H groups in total. The van der Waals surface area contributed by atoms with Crippen molar-refractivity contribution in [3.8, 4) is 11.4 Å². The van der Waals surface area contributed by atoms with Gasteiger partial charge in [-0.25, -0.2) is 0 Å². The third-order valence-electron chi connectivity index (χ3n) is 5.57. The highest BCUT2D eigenvalue weighted by Crippen LogP contribution is 2.32. The largest absolute Gasteiger partial charge is 0.505 e. The topological polar surface area (TPSA) is 118 Å². The Morgan fingerprint density at radius 3 is 2.26 bits per heavy atom. The van der Waals surface area contributed by atoms with Gasteiger partial charge in [-0.15, -0.1) is 0 Å². The van der Waals surface area contributed by atoms with Gasteiger partial charge >= 0.3 is 0 Å². The van der Waals surface area contributed by atoms with Gasteiger partial charge in [0.05, 0.1) is 16.9 Å². The van der Waals surface area contributed by atoms with Gasteiger partial charge in [-0.1, -0.05) is 48.5 Å². The average molecular weight is 451 g/mol. The van der Waals surface area contributed by atoms with Crippen molar-refractivity contribution in [3.05, 3.63) is 117 Å². The molecule has 8 nitrogen and oxygen atoms in total. The molecule has 34 heavy (non-hydrogen) atoms. The molecule has 0 saturated heterocycles. The summed E-state index contributed by atoms with van der Waals surface area (Å²) in [5.41, 5.74) is 1.16. The van der Waals surface area contributed by atoms with Crippen LogP contribution in [0.3, 0.4) is 0 Å². The Balaban J connectivity index is 1.56. The van der Waals surface area contributed by atoms with Gasteiger partial charge in [-0.05, 0) is 30.7 Å².